The Kier molecular flexibility index (Phi) is 6.25. The lowest BCUT2D eigenvalue weighted by Gasteiger charge is -2.33. The highest BCUT2D eigenvalue weighted by molar-refractivity contribution is 5.77. The van der Waals surface area contributed by atoms with Gasteiger partial charge < -0.3 is 19.7 Å². The van der Waals surface area contributed by atoms with Gasteiger partial charge in [-0.2, -0.15) is 5.10 Å². The van der Waals surface area contributed by atoms with E-state index < -0.39 is 6.43 Å². The number of fused-ring (bicyclic) bond motifs is 2. The van der Waals surface area contributed by atoms with E-state index in [9.17, 15) is 8.78 Å². The molecule has 9 heteroatoms. The van der Waals surface area contributed by atoms with E-state index in [-0.39, 0.29) is 5.56 Å². The molecule has 0 unspecified atom stereocenters. The van der Waals surface area contributed by atoms with Crippen molar-refractivity contribution in [3.05, 3.63) is 46.3 Å². The van der Waals surface area contributed by atoms with Gasteiger partial charge in [-0.1, -0.05) is 0 Å². The van der Waals surface area contributed by atoms with Gasteiger partial charge in [-0.15, -0.1) is 0 Å². The zero-order valence-corrected chi connectivity index (χ0v) is 21.6. The fraction of sp³-hybridized carbons (Fsp3) is 0.593. The van der Waals surface area contributed by atoms with Gasteiger partial charge in [0.2, 0.25) is 0 Å². The van der Waals surface area contributed by atoms with Crippen LogP contribution in [0.5, 0.6) is 0 Å². The summed E-state index contributed by atoms with van der Waals surface area (Å²) in [4.78, 5) is 6.98. The quantitative estimate of drug-likeness (QED) is 0.690. The van der Waals surface area contributed by atoms with Gasteiger partial charge in [-0.3, -0.25) is 4.68 Å². The fourth-order valence-electron chi connectivity index (χ4n) is 6.35. The second kappa shape index (κ2) is 9.43. The number of hydrogen-bond acceptors (Lipinski definition) is 6. The maximum absolute atomic E-state index is 14.4. The number of nitrogens with one attached hydrogen (secondary N) is 1. The minimum atomic E-state index is -2.53. The first-order chi connectivity index (χ1) is 17.4. The lowest BCUT2D eigenvalue weighted by atomic mass is 9.92. The van der Waals surface area contributed by atoms with Crippen LogP contribution < -0.4 is 10.3 Å². The second-order valence-corrected chi connectivity index (χ2v) is 10.9. The van der Waals surface area contributed by atoms with Gasteiger partial charge in [0.25, 0.3) is 6.43 Å². The summed E-state index contributed by atoms with van der Waals surface area (Å²) in [5.74, 6) is 0.978. The number of halogens is 2. The van der Waals surface area contributed by atoms with Crippen molar-refractivity contribution in [3.63, 3.8) is 0 Å². The highest BCUT2D eigenvalue weighted by atomic mass is 19.3. The van der Waals surface area contributed by atoms with Crippen LogP contribution in [-0.4, -0.2) is 78.5 Å². The van der Waals surface area contributed by atoms with Gasteiger partial charge >= 0.3 is 0 Å². The van der Waals surface area contributed by atoms with Crippen LogP contribution in [0.3, 0.4) is 0 Å². The van der Waals surface area contributed by atoms with E-state index in [0.29, 0.717) is 18.2 Å². The lowest BCUT2D eigenvalue weighted by Crippen LogP contribution is -2.34. The standard InChI is InChI=1S/C27H37F2N7/c1-32-10-6-20(7-11-32)36-24-8-12-33(2)17-23(24)27(31-36)35-9-4-5-18-13-21(19-15-30-34(3)16-19)22(26(28)29)14-25(18)35/h13-14,16,20,26,30H,4-12,15,17H2,1-3H3. The van der Waals surface area contributed by atoms with Gasteiger partial charge in [0.15, 0.2) is 5.82 Å². The number of hydrogen-bond donors (Lipinski definition) is 1. The fourth-order valence-corrected chi connectivity index (χ4v) is 6.35. The van der Waals surface area contributed by atoms with E-state index in [0.717, 1.165) is 87.5 Å². The Morgan fingerprint density at radius 3 is 2.53 bits per heavy atom. The summed E-state index contributed by atoms with van der Waals surface area (Å²) in [6.07, 6.45) is 4.48. The monoisotopic (exact) mass is 497 g/mol. The molecule has 4 aliphatic heterocycles. The van der Waals surface area contributed by atoms with Crippen molar-refractivity contribution >= 4 is 17.1 Å². The van der Waals surface area contributed by atoms with Crippen LogP contribution in [0.15, 0.2) is 18.3 Å². The van der Waals surface area contributed by atoms with Gasteiger partial charge in [0.05, 0.1) is 6.04 Å². The van der Waals surface area contributed by atoms with E-state index >= 15 is 0 Å². The molecule has 0 aliphatic carbocycles. The molecule has 1 aromatic heterocycles. The number of rotatable bonds is 4. The van der Waals surface area contributed by atoms with Crippen LogP contribution in [-0.2, 0) is 19.4 Å². The zero-order chi connectivity index (χ0) is 25.0. The molecule has 2 aromatic rings. The average molecular weight is 498 g/mol. The first-order valence-electron chi connectivity index (χ1n) is 13.3. The molecule has 0 atom stereocenters. The van der Waals surface area contributed by atoms with Crippen LogP contribution in [0.1, 0.15) is 59.7 Å². The molecule has 1 N–H and O–H groups in total. The summed E-state index contributed by atoms with van der Waals surface area (Å²) in [5, 5.41) is 7.11. The Balaban J connectivity index is 1.43. The minimum Gasteiger partial charge on any atom is -0.324 e. The number of alkyl halides is 2. The van der Waals surface area contributed by atoms with Crippen molar-refractivity contribution in [2.75, 3.05) is 58.8 Å². The Labute approximate surface area is 212 Å². The molecule has 0 saturated carbocycles. The van der Waals surface area contributed by atoms with Crippen molar-refractivity contribution in [3.8, 4) is 0 Å². The molecule has 1 aromatic carbocycles. The van der Waals surface area contributed by atoms with Crippen molar-refractivity contribution in [1.82, 2.24) is 30.0 Å². The first kappa shape index (κ1) is 23.9. The smallest absolute Gasteiger partial charge is 0.264 e. The molecule has 0 amide bonds. The molecular formula is C27H37F2N7. The number of likely N-dealkylation sites (N-methyl/N-ethyl adjacent to an activating group) is 1. The number of anilines is 2. The molecule has 0 spiro atoms. The number of hydrazine groups is 1. The predicted octanol–water partition coefficient (Wildman–Crippen LogP) is 3.95. The van der Waals surface area contributed by atoms with E-state index in [1.165, 1.54) is 11.3 Å². The summed E-state index contributed by atoms with van der Waals surface area (Å²) in [6, 6.07) is 4.18. The summed E-state index contributed by atoms with van der Waals surface area (Å²) < 4.78 is 31.1. The second-order valence-electron chi connectivity index (χ2n) is 10.9. The van der Waals surface area contributed by atoms with Crippen LogP contribution in [0.25, 0.3) is 5.57 Å². The Morgan fingerprint density at radius 1 is 1.00 bits per heavy atom. The van der Waals surface area contributed by atoms with Crippen LogP contribution in [0.4, 0.5) is 20.3 Å². The van der Waals surface area contributed by atoms with Crippen LogP contribution in [0, 0.1) is 0 Å². The number of aromatic nitrogens is 2. The Hall–Kier alpha value is -2.49. The van der Waals surface area contributed by atoms with Gasteiger partial charge in [0.1, 0.15) is 0 Å². The molecular weight excluding hydrogens is 460 g/mol. The molecule has 7 nitrogen and oxygen atoms in total. The topological polar surface area (TPSA) is 42.8 Å². The minimum absolute atomic E-state index is 0.115. The van der Waals surface area contributed by atoms with Crippen molar-refractivity contribution < 1.29 is 8.78 Å². The third-order valence-corrected chi connectivity index (χ3v) is 8.36. The maximum atomic E-state index is 14.4. The van der Waals surface area contributed by atoms with Crippen LogP contribution >= 0.6 is 0 Å². The van der Waals surface area contributed by atoms with E-state index in [1.807, 2.05) is 24.3 Å². The number of aryl methyl sites for hydroxylation is 1. The van der Waals surface area contributed by atoms with Crippen molar-refractivity contribution in [2.45, 2.75) is 51.1 Å². The lowest BCUT2D eigenvalue weighted by molar-refractivity contribution is 0.151. The highest BCUT2D eigenvalue weighted by Gasteiger charge is 2.33. The predicted molar refractivity (Wildman–Crippen MR) is 139 cm³/mol. The van der Waals surface area contributed by atoms with Gasteiger partial charge in [-0.25, -0.2) is 14.2 Å². The number of benzene rings is 1. The number of likely N-dealkylation sites (tertiary alicyclic amines) is 1. The summed E-state index contributed by atoms with van der Waals surface area (Å²) in [7, 11) is 6.24. The van der Waals surface area contributed by atoms with Crippen LogP contribution in [0.2, 0.25) is 0 Å². The molecule has 36 heavy (non-hydrogen) atoms. The summed E-state index contributed by atoms with van der Waals surface area (Å²) in [6.45, 7) is 5.43. The van der Waals surface area contributed by atoms with Crippen molar-refractivity contribution in [2.24, 2.45) is 0 Å². The molecule has 194 valence electrons. The highest BCUT2D eigenvalue weighted by Crippen LogP contribution is 2.42. The third-order valence-electron chi connectivity index (χ3n) is 8.36. The Morgan fingerprint density at radius 2 is 1.81 bits per heavy atom. The zero-order valence-electron chi connectivity index (χ0n) is 21.6. The molecule has 6 rings (SSSR count). The van der Waals surface area contributed by atoms with Crippen molar-refractivity contribution in [1.29, 1.82) is 0 Å². The largest absolute Gasteiger partial charge is 0.324 e. The molecule has 0 radical (unpaired) electrons. The van der Waals surface area contributed by atoms with E-state index in [4.69, 9.17) is 5.10 Å². The number of piperidine rings is 1. The summed E-state index contributed by atoms with van der Waals surface area (Å²) >= 11 is 0. The van der Waals surface area contributed by atoms with Gasteiger partial charge in [-0.05, 0) is 81.7 Å². The average Bonchev–Trinajstić information content (AvgIpc) is 3.46. The normalized spacial score (nSPS) is 21.8. The molecule has 0 bridgehead atoms. The maximum Gasteiger partial charge on any atom is 0.264 e. The SMILES string of the molecule is CN1CCC(n2nc(N3CCCc4cc(C5=CN(C)NC5)c(C(F)F)cc43)c3c2CCN(C)C3)CC1. The third kappa shape index (κ3) is 4.21. The van der Waals surface area contributed by atoms with E-state index in [1.54, 1.807) is 6.07 Å². The molecule has 5 heterocycles. The number of nitrogens with zero attached hydrogens (tertiary/aromatic N) is 6. The summed E-state index contributed by atoms with van der Waals surface area (Å²) in [5.41, 5.74) is 9.56. The molecule has 1 fully saturated rings. The van der Waals surface area contributed by atoms with E-state index in [2.05, 4.69) is 38.9 Å². The molecule has 1 saturated heterocycles. The first-order valence-corrected chi connectivity index (χ1v) is 13.3. The molecule has 4 aliphatic rings. The van der Waals surface area contributed by atoms with Gasteiger partial charge in [0, 0.05) is 68.4 Å². The Bertz CT molecular complexity index is 1170.